The first-order valence-electron chi connectivity index (χ1n) is 8.35. The average molecular weight is 364 g/mol. The molecule has 0 aromatic heterocycles. The topological polar surface area (TPSA) is 69.2 Å². The van der Waals surface area contributed by atoms with Crippen LogP contribution in [0.5, 0.6) is 11.5 Å². The van der Waals surface area contributed by atoms with Gasteiger partial charge in [0, 0.05) is 11.3 Å². The number of hydrogen-bond donors (Lipinski definition) is 1. The summed E-state index contributed by atoms with van der Waals surface area (Å²) in [6.45, 7) is -0.184. The number of rotatable bonds is 7. The second-order valence-electron chi connectivity index (χ2n) is 5.73. The first kappa shape index (κ1) is 18.3. The van der Waals surface area contributed by atoms with E-state index in [-0.39, 0.29) is 12.5 Å². The molecule has 0 fully saturated rings. The molecule has 3 aromatic rings. The lowest BCUT2D eigenvalue weighted by molar-refractivity contribution is -0.120. The maximum absolute atomic E-state index is 12.0. The third-order valence-electron chi connectivity index (χ3n) is 3.91. The SMILES string of the molecule is COc1ccc(/C=N\OCC(=O)Nc2ccc3ccccc3c2)cc1OC. The number of anilines is 1. The van der Waals surface area contributed by atoms with Crippen LogP contribution in [0.1, 0.15) is 5.56 Å². The lowest BCUT2D eigenvalue weighted by Gasteiger charge is -2.07. The van der Waals surface area contributed by atoms with E-state index >= 15 is 0 Å². The predicted molar refractivity (Wildman–Crippen MR) is 106 cm³/mol. The molecule has 3 aromatic carbocycles. The van der Waals surface area contributed by atoms with E-state index in [2.05, 4.69) is 10.5 Å². The van der Waals surface area contributed by atoms with Gasteiger partial charge in [0.05, 0.1) is 20.4 Å². The minimum atomic E-state index is -0.283. The Balaban J connectivity index is 1.53. The van der Waals surface area contributed by atoms with Crippen LogP contribution in [-0.2, 0) is 9.63 Å². The van der Waals surface area contributed by atoms with Crippen LogP contribution in [0, 0.1) is 0 Å². The van der Waals surface area contributed by atoms with Gasteiger partial charge >= 0.3 is 0 Å². The van der Waals surface area contributed by atoms with E-state index in [4.69, 9.17) is 14.3 Å². The summed E-state index contributed by atoms with van der Waals surface area (Å²) in [7, 11) is 3.13. The van der Waals surface area contributed by atoms with Crippen LogP contribution in [0.3, 0.4) is 0 Å². The number of methoxy groups -OCH3 is 2. The molecule has 0 aliphatic carbocycles. The Morgan fingerprint density at radius 1 is 0.963 bits per heavy atom. The van der Waals surface area contributed by atoms with Crippen molar-refractivity contribution < 1.29 is 19.1 Å². The largest absolute Gasteiger partial charge is 0.493 e. The van der Waals surface area contributed by atoms with Gasteiger partial charge in [0.2, 0.25) is 0 Å². The van der Waals surface area contributed by atoms with Crippen molar-refractivity contribution in [3.63, 3.8) is 0 Å². The Labute approximate surface area is 157 Å². The number of ether oxygens (including phenoxy) is 2. The van der Waals surface area contributed by atoms with Gasteiger partial charge in [0.1, 0.15) is 0 Å². The van der Waals surface area contributed by atoms with Crippen LogP contribution < -0.4 is 14.8 Å². The second-order valence-corrected chi connectivity index (χ2v) is 5.73. The van der Waals surface area contributed by atoms with Crippen LogP contribution in [0.4, 0.5) is 5.69 Å². The molecule has 0 aliphatic rings. The lowest BCUT2D eigenvalue weighted by Crippen LogP contribution is -2.16. The summed E-state index contributed by atoms with van der Waals surface area (Å²) in [6, 6.07) is 19.0. The highest BCUT2D eigenvalue weighted by Crippen LogP contribution is 2.26. The Kier molecular flexibility index (Phi) is 5.89. The minimum Gasteiger partial charge on any atom is -0.493 e. The highest BCUT2D eigenvalue weighted by molar-refractivity contribution is 5.95. The molecule has 1 N–H and O–H groups in total. The molecule has 1 amide bonds. The molecule has 0 heterocycles. The smallest absolute Gasteiger partial charge is 0.265 e. The molecule has 138 valence electrons. The summed E-state index contributed by atoms with van der Waals surface area (Å²) in [5, 5.41) is 8.79. The maximum Gasteiger partial charge on any atom is 0.265 e. The van der Waals surface area contributed by atoms with Crippen molar-refractivity contribution >= 4 is 28.6 Å². The van der Waals surface area contributed by atoms with Crippen LogP contribution >= 0.6 is 0 Å². The first-order chi connectivity index (χ1) is 13.2. The molecule has 6 heteroatoms. The van der Waals surface area contributed by atoms with Crippen molar-refractivity contribution in [2.75, 3.05) is 26.1 Å². The van der Waals surface area contributed by atoms with E-state index < -0.39 is 0 Å². The summed E-state index contributed by atoms with van der Waals surface area (Å²) in [6.07, 6.45) is 1.51. The highest BCUT2D eigenvalue weighted by Gasteiger charge is 2.05. The average Bonchev–Trinajstić information content (AvgIpc) is 2.71. The Morgan fingerprint density at radius 2 is 1.74 bits per heavy atom. The second kappa shape index (κ2) is 8.71. The Morgan fingerprint density at radius 3 is 2.52 bits per heavy atom. The van der Waals surface area contributed by atoms with E-state index in [9.17, 15) is 4.79 Å². The number of carbonyl (C=O) groups is 1. The van der Waals surface area contributed by atoms with Crippen molar-refractivity contribution in [3.8, 4) is 11.5 Å². The molecule has 0 aliphatic heterocycles. The summed E-state index contributed by atoms with van der Waals surface area (Å²) >= 11 is 0. The first-order valence-corrected chi connectivity index (χ1v) is 8.35. The van der Waals surface area contributed by atoms with Crippen molar-refractivity contribution in [2.24, 2.45) is 5.16 Å². The summed E-state index contributed by atoms with van der Waals surface area (Å²) in [4.78, 5) is 17.1. The number of fused-ring (bicyclic) bond motifs is 1. The maximum atomic E-state index is 12.0. The van der Waals surface area contributed by atoms with Gasteiger partial charge in [0.15, 0.2) is 18.1 Å². The Hall–Kier alpha value is -3.54. The number of nitrogens with zero attached hydrogens (tertiary/aromatic N) is 1. The molecule has 0 saturated carbocycles. The minimum absolute atomic E-state index is 0.184. The highest BCUT2D eigenvalue weighted by atomic mass is 16.6. The summed E-state index contributed by atoms with van der Waals surface area (Å²) in [5.74, 6) is 0.940. The van der Waals surface area contributed by atoms with Gasteiger partial charge in [-0.1, -0.05) is 35.5 Å². The number of nitrogens with one attached hydrogen (secondary N) is 1. The third-order valence-corrected chi connectivity index (χ3v) is 3.91. The number of oxime groups is 1. The normalized spacial score (nSPS) is 10.7. The van der Waals surface area contributed by atoms with Gasteiger partial charge in [-0.2, -0.15) is 0 Å². The molecule has 6 nitrogen and oxygen atoms in total. The number of benzene rings is 3. The monoisotopic (exact) mass is 364 g/mol. The third kappa shape index (κ3) is 4.76. The van der Waals surface area contributed by atoms with Crippen molar-refractivity contribution in [2.45, 2.75) is 0 Å². The molecule has 0 unspecified atom stereocenters. The van der Waals surface area contributed by atoms with E-state index in [1.54, 1.807) is 26.4 Å². The quantitative estimate of drug-likeness (QED) is 0.511. The molecule has 0 atom stereocenters. The van der Waals surface area contributed by atoms with Gasteiger partial charge in [-0.25, -0.2) is 0 Å². The van der Waals surface area contributed by atoms with Crippen LogP contribution in [0.15, 0.2) is 65.8 Å². The molecule has 0 saturated heterocycles. The van der Waals surface area contributed by atoms with Gasteiger partial charge in [-0.3, -0.25) is 4.79 Å². The van der Waals surface area contributed by atoms with Crippen LogP contribution in [0.25, 0.3) is 10.8 Å². The fraction of sp³-hybridized carbons (Fsp3) is 0.143. The van der Waals surface area contributed by atoms with E-state index in [1.807, 2.05) is 48.5 Å². The molecule has 27 heavy (non-hydrogen) atoms. The van der Waals surface area contributed by atoms with E-state index in [0.29, 0.717) is 17.2 Å². The Bertz CT molecular complexity index is 969. The fourth-order valence-electron chi connectivity index (χ4n) is 2.59. The zero-order valence-electron chi connectivity index (χ0n) is 15.1. The summed E-state index contributed by atoms with van der Waals surface area (Å²) in [5.41, 5.74) is 1.48. The lowest BCUT2D eigenvalue weighted by atomic mass is 10.1. The molecule has 3 rings (SSSR count). The summed E-state index contributed by atoms with van der Waals surface area (Å²) < 4.78 is 10.4. The molecule has 0 spiro atoms. The number of carbonyl (C=O) groups excluding carboxylic acids is 1. The van der Waals surface area contributed by atoms with Crippen LogP contribution in [0.2, 0.25) is 0 Å². The zero-order chi connectivity index (χ0) is 19.1. The van der Waals surface area contributed by atoms with Crippen molar-refractivity contribution in [1.29, 1.82) is 0 Å². The predicted octanol–water partition coefficient (Wildman–Crippen LogP) is 3.85. The van der Waals surface area contributed by atoms with E-state index in [0.717, 1.165) is 16.3 Å². The van der Waals surface area contributed by atoms with E-state index in [1.165, 1.54) is 6.21 Å². The van der Waals surface area contributed by atoms with Gasteiger partial charge < -0.3 is 19.6 Å². The van der Waals surface area contributed by atoms with Crippen molar-refractivity contribution in [3.05, 3.63) is 66.2 Å². The van der Waals surface area contributed by atoms with Gasteiger partial charge in [-0.15, -0.1) is 0 Å². The molecule has 0 radical (unpaired) electrons. The molecular formula is C21H20N2O4. The number of hydrogen-bond acceptors (Lipinski definition) is 5. The fourth-order valence-corrected chi connectivity index (χ4v) is 2.59. The van der Waals surface area contributed by atoms with Crippen LogP contribution in [-0.4, -0.2) is 32.9 Å². The van der Waals surface area contributed by atoms with Crippen molar-refractivity contribution in [1.82, 2.24) is 0 Å². The zero-order valence-corrected chi connectivity index (χ0v) is 15.1. The number of amides is 1. The molecular weight excluding hydrogens is 344 g/mol. The molecule has 0 bridgehead atoms. The van der Waals surface area contributed by atoms with Gasteiger partial charge in [-0.05, 0) is 41.1 Å². The standard InChI is InChI=1S/C21H20N2O4/c1-25-19-10-7-15(11-20(19)26-2)13-22-27-14-21(24)23-18-9-8-16-5-3-4-6-17(16)12-18/h3-13H,14H2,1-2H3,(H,23,24)/b22-13-. The van der Waals surface area contributed by atoms with Gasteiger partial charge in [0.25, 0.3) is 5.91 Å².